The number of benzene rings is 1. The minimum absolute atomic E-state index is 0.00530. The van der Waals surface area contributed by atoms with E-state index in [1.807, 2.05) is 4.57 Å². The number of anilines is 1. The molecule has 0 amide bonds. The Labute approximate surface area is 218 Å². The van der Waals surface area contributed by atoms with Crippen LogP contribution in [0.1, 0.15) is 36.0 Å². The second-order valence-electron chi connectivity index (χ2n) is 10.2. The number of halogens is 7. The molecule has 4 heterocycles. The minimum atomic E-state index is -4.82. The van der Waals surface area contributed by atoms with Crippen LogP contribution in [0.25, 0.3) is 5.69 Å². The standard InChI is InChI=1S/C24H21ClF6N6O/c25-16-3-4-17-14(6-16)9-35(13-23(26,27)28)10-19-33-34-20(37(17)19)15-7-22(8-15)11-36(12-22)21-18(2-1-5-32-21)38-24(29,30)31/h1-6,15H,7-13H2. The molecule has 0 unspecified atom stereocenters. The Hall–Kier alpha value is -3.06. The van der Waals surface area contributed by atoms with Crippen molar-refractivity contribution in [2.45, 2.75) is 44.4 Å². The largest absolute Gasteiger partial charge is 0.573 e. The summed E-state index contributed by atoms with van der Waals surface area (Å²) in [5, 5.41) is 9.04. The third kappa shape index (κ3) is 4.77. The Morgan fingerprint density at radius 2 is 1.79 bits per heavy atom. The summed E-state index contributed by atoms with van der Waals surface area (Å²) < 4.78 is 84.0. The molecule has 3 aliphatic rings. The molecule has 14 heteroatoms. The Bertz CT molecular complexity index is 1360. The highest BCUT2D eigenvalue weighted by atomic mass is 35.5. The van der Waals surface area contributed by atoms with Gasteiger partial charge in [-0.3, -0.25) is 9.47 Å². The normalized spacial score (nSPS) is 19.4. The van der Waals surface area contributed by atoms with Gasteiger partial charge in [0, 0.05) is 42.2 Å². The van der Waals surface area contributed by atoms with Crippen LogP contribution < -0.4 is 9.64 Å². The van der Waals surface area contributed by atoms with Crippen LogP contribution in [0.3, 0.4) is 0 Å². The molecular formula is C24H21ClF6N6O. The number of fused-ring (bicyclic) bond motifs is 3. The number of rotatable bonds is 4. The molecule has 1 saturated heterocycles. The fraction of sp³-hybridized carbons (Fsp3) is 0.458. The van der Waals surface area contributed by atoms with Gasteiger partial charge in [-0.25, -0.2) is 4.98 Å². The molecule has 2 fully saturated rings. The van der Waals surface area contributed by atoms with Crippen LogP contribution in [0.2, 0.25) is 5.02 Å². The molecule has 3 aromatic rings. The predicted octanol–water partition coefficient (Wildman–Crippen LogP) is 5.48. The average Bonchev–Trinajstić information content (AvgIpc) is 3.07. The third-order valence-corrected chi connectivity index (χ3v) is 7.49. The number of pyridine rings is 1. The molecule has 0 bridgehead atoms. The number of alkyl halides is 6. The summed E-state index contributed by atoms with van der Waals surface area (Å²) in [6, 6.07) is 7.75. The van der Waals surface area contributed by atoms with Crippen molar-refractivity contribution in [2.24, 2.45) is 5.41 Å². The molecule has 1 spiro atoms. The fourth-order valence-electron chi connectivity index (χ4n) is 5.88. The lowest BCUT2D eigenvalue weighted by Gasteiger charge is -2.59. The Morgan fingerprint density at radius 3 is 2.50 bits per heavy atom. The molecular weight excluding hydrogens is 538 g/mol. The van der Waals surface area contributed by atoms with Gasteiger partial charge in [0.05, 0.1) is 18.8 Å². The number of nitrogens with zero attached hydrogens (tertiary/aromatic N) is 6. The van der Waals surface area contributed by atoms with Gasteiger partial charge in [-0.05, 0) is 48.7 Å². The van der Waals surface area contributed by atoms with Crippen molar-refractivity contribution in [3.63, 3.8) is 0 Å². The highest BCUT2D eigenvalue weighted by molar-refractivity contribution is 6.30. The first kappa shape index (κ1) is 25.2. The lowest BCUT2D eigenvalue weighted by atomic mass is 9.57. The predicted molar refractivity (Wildman–Crippen MR) is 124 cm³/mol. The van der Waals surface area contributed by atoms with E-state index in [9.17, 15) is 26.3 Å². The van der Waals surface area contributed by atoms with E-state index in [4.69, 9.17) is 11.6 Å². The number of ether oxygens (including phenoxy) is 1. The van der Waals surface area contributed by atoms with E-state index in [0.717, 1.165) is 12.8 Å². The zero-order valence-electron chi connectivity index (χ0n) is 19.7. The van der Waals surface area contributed by atoms with Crippen molar-refractivity contribution in [1.82, 2.24) is 24.6 Å². The highest BCUT2D eigenvalue weighted by Gasteiger charge is 2.55. The van der Waals surface area contributed by atoms with E-state index >= 15 is 0 Å². The van der Waals surface area contributed by atoms with Gasteiger partial charge in [0.1, 0.15) is 5.82 Å². The Balaban J connectivity index is 1.21. The number of hydrogen-bond acceptors (Lipinski definition) is 6. The summed E-state index contributed by atoms with van der Waals surface area (Å²) in [5.41, 5.74) is 1.24. The van der Waals surface area contributed by atoms with Gasteiger partial charge in [0.25, 0.3) is 0 Å². The van der Waals surface area contributed by atoms with Crippen LogP contribution in [0.4, 0.5) is 32.2 Å². The van der Waals surface area contributed by atoms with E-state index in [-0.39, 0.29) is 36.0 Å². The molecule has 0 radical (unpaired) electrons. The lowest BCUT2D eigenvalue weighted by Crippen LogP contribution is -2.62. The van der Waals surface area contributed by atoms with Gasteiger partial charge in [0.2, 0.25) is 0 Å². The van der Waals surface area contributed by atoms with Gasteiger partial charge >= 0.3 is 12.5 Å². The molecule has 0 atom stereocenters. The van der Waals surface area contributed by atoms with Crippen molar-refractivity contribution < 1.29 is 31.1 Å². The van der Waals surface area contributed by atoms with E-state index in [1.165, 1.54) is 23.2 Å². The second kappa shape index (κ2) is 8.73. The maximum atomic E-state index is 13.2. The van der Waals surface area contributed by atoms with Gasteiger partial charge in [-0.1, -0.05) is 11.6 Å². The van der Waals surface area contributed by atoms with E-state index in [1.54, 1.807) is 23.1 Å². The summed E-state index contributed by atoms with van der Waals surface area (Å²) in [5.74, 6) is 0.896. The first-order valence-corrected chi connectivity index (χ1v) is 12.2. The molecule has 0 N–H and O–H groups in total. The molecule has 7 nitrogen and oxygen atoms in total. The molecule has 1 saturated carbocycles. The first-order chi connectivity index (χ1) is 17.9. The number of hydrogen-bond donors (Lipinski definition) is 0. The Kier molecular flexibility index (Phi) is 5.80. The summed E-state index contributed by atoms with van der Waals surface area (Å²) in [6.07, 6.45) is -6.32. The fourth-order valence-corrected chi connectivity index (χ4v) is 6.08. The van der Waals surface area contributed by atoms with Crippen LogP contribution >= 0.6 is 11.6 Å². The van der Waals surface area contributed by atoms with Crippen molar-refractivity contribution >= 4 is 17.4 Å². The van der Waals surface area contributed by atoms with Crippen LogP contribution in [-0.4, -0.2) is 56.8 Å². The zero-order valence-corrected chi connectivity index (χ0v) is 20.5. The van der Waals surface area contributed by atoms with Crippen molar-refractivity contribution in [3.05, 3.63) is 58.8 Å². The lowest BCUT2D eigenvalue weighted by molar-refractivity contribution is -0.274. The SMILES string of the molecule is FC(F)(F)CN1Cc2cc(Cl)ccc2-n2c(nnc2C2CC3(C2)CN(c2ncccc2OC(F)(F)F)C3)C1. The van der Waals surface area contributed by atoms with Crippen molar-refractivity contribution in [1.29, 1.82) is 0 Å². The smallest absolute Gasteiger partial charge is 0.402 e. The molecule has 2 aliphatic heterocycles. The molecule has 1 aromatic carbocycles. The average molecular weight is 559 g/mol. The van der Waals surface area contributed by atoms with Crippen molar-refractivity contribution in [3.8, 4) is 11.4 Å². The third-order valence-electron chi connectivity index (χ3n) is 7.25. The highest BCUT2D eigenvalue weighted by Crippen LogP contribution is 2.57. The van der Waals surface area contributed by atoms with Crippen LogP contribution in [-0.2, 0) is 13.1 Å². The van der Waals surface area contributed by atoms with Gasteiger partial charge < -0.3 is 9.64 Å². The topological polar surface area (TPSA) is 59.3 Å². The molecule has 1 aliphatic carbocycles. The van der Waals surface area contributed by atoms with E-state index < -0.39 is 19.1 Å². The molecule has 202 valence electrons. The zero-order chi connectivity index (χ0) is 26.9. The second-order valence-corrected chi connectivity index (χ2v) is 10.6. The Morgan fingerprint density at radius 1 is 1.03 bits per heavy atom. The van der Waals surface area contributed by atoms with Gasteiger partial charge in [-0.2, -0.15) is 13.2 Å². The maximum Gasteiger partial charge on any atom is 0.573 e. The summed E-state index contributed by atoms with van der Waals surface area (Å²) in [6.45, 7) is -0.0140. The molecule has 38 heavy (non-hydrogen) atoms. The summed E-state index contributed by atoms with van der Waals surface area (Å²) >= 11 is 6.16. The number of aromatic nitrogens is 4. The van der Waals surface area contributed by atoms with Gasteiger partial charge in [-0.15, -0.1) is 23.4 Å². The van der Waals surface area contributed by atoms with E-state index in [2.05, 4.69) is 19.9 Å². The van der Waals surface area contributed by atoms with Crippen LogP contribution in [0, 0.1) is 5.41 Å². The van der Waals surface area contributed by atoms with Gasteiger partial charge in [0.15, 0.2) is 17.4 Å². The van der Waals surface area contributed by atoms with Crippen molar-refractivity contribution in [2.75, 3.05) is 24.5 Å². The minimum Gasteiger partial charge on any atom is -0.402 e. The molecule has 2 aromatic heterocycles. The van der Waals surface area contributed by atoms with Crippen LogP contribution in [0.5, 0.6) is 5.75 Å². The summed E-state index contributed by atoms with van der Waals surface area (Å²) in [7, 11) is 0. The molecule has 6 rings (SSSR count). The van der Waals surface area contributed by atoms with E-state index in [0.29, 0.717) is 41.0 Å². The first-order valence-electron chi connectivity index (χ1n) is 11.9. The van der Waals surface area contributed by atoms with Crippen LogP contribution in [0.15, 0.2) is 36.5 Å². The quantitative estimate of drug-likeness (QED) is 0.396. The summed E-state index contributed by atoms with van der Waals surface area (Å²) in [4.78, 5) is 7.12. The maximum absolute atomic E-state index is 13.2. The monoisotopic (exact) mass is 558 g/mol.